The molecule has 0 aliphatic heterocycles. The lowest BCUT2D eigenvalue weighted by Crippen LogP contribution is -2.42. The molecule has 0 rings (SSSR count). The summed E-state index contributed by atoms with van der Waals surface area (Å²) < 4.78 is 10.9. The number of esters is 1. The molecule has 0 spiro atoms. The Balaban J connectivity index is 4.37. The molecule has 0 aromatic rings. The second-order valence-corrected chi connectivity index (χ2v) is 10.5. The van der Waals surface area contributed by atoms with Crippen LogP contribution in [0.4, 0.5) is 0 Å². The van der Waals surface area contributed by atoms with E-state index < -0.39 is 8.32 Å². The first kappa shape index (κ1) is 16.4. The summed E-state index contributed by atoms with van der Waals surface area (Å²) in [6, 6.07) is 0. The fourth-order valence-electron chi connectivity index (χ4n) is 1.09. The van der Waals surface area contributed by atoms with Gasteiger partial charge in [-0.1, -0.05) is 26.8 Å². The van der Waals surface area contributed by atoms with Crippen molar-refractivity contribution in [2.24, 2.45) is 0 Å². The minimum absolute atomic E-state index is 0.0553. The molecule has 0 fully saturated rings. The first-order chi connectivity index (χ1) is 7.60. The summed E-state index contributed by atoms with van der Waals surface area (Å²) >= 11 is 0. The van der Waals surface area contributed by atoms with Gasteiger partial charge in [0.1, 0.15) is 0 Å². The van der Waals surface area contributed by atoms with E-state index in [1.165, 1.54) is 6.08 Å². The summed E-state index contributed by atoms with van der Waals surface area (Å²) in [5.74, 6) is -0.307. The van der Waals surface area contributed by atoms with Gasteiger partial charge in [0.2, 0.25) is 0 Å². The van der Waals surface area contributed by atoms with E-state index in [2.05, 4.69) is 33.9 Å². The van der Waals surface area contributed by atoms with Crippen molar-refractivity contribution >= 4 is 14.3 Å². The minimum Gasteiger partial charge on any atom is -0.463 e. The first-order valence-electron chi connectivity index (χ1n) is 6.13. The number of ether oxygens (including phenoxy) is 1. The van der Waals surface area contributed by atoms with Gasteiger partial charge in [0, 0.05) is 6.08 Å². The molecule has 1 unspecified atom stereocenters. The maximum atomic E-state index is 11.2. The largest absolute Gasteiger partial charge is 0.463 e. The molecule has 0 heterocycles. The zero-order valence-electron chi connectivity index (χ0n) is 12.2. The first-order valence-corrected chi connectivity index (χ1v) is 9.03. The van der Waals surface area contributed by atoms with Gasteiger partial charge in [0.15, 0.2) is 8.32 Å². The van der Waals surface area contributed by atoms with Crippen molar-refractivity contribution in [1.29, 1.82) is 0 Å². The summed E-state index contributed by atoms with van der Waals surface area (Å²) in [5.41, 5.74) is 0. The highest BCUT2D eigenvalue weighted by molar-refractivity contribution is 6.74. The second-order valence-electron chi connectivity index (χ2n) is 5.69. The van der Waals surface area contributed by atoms with Crippen molar-refractivity contribution in [1.82, 2.24) is 0 Å². The Hall–Kier alpha value is -0.613. The van der Waals surface area contributed by atoms with Crippen molar-refractivity contribution in [2.75, 3.05) is 6.61 Å². The Morgan fingerprint density at radius 1 is 1.35 bits per heavy atom. The Kier molecular flexibility index (Phi) is 6.13. The molecular formula is C13H26O3Si. The average Bonchev–Trinajstić information content (AvgIpc) is 2.12. The molecule has 0 amide bonds. The van der Waals surface area contributed by atoms with Crippen molar-refractivity contribution in [3.05, 3.63) is 12.2 Å². The van der Waals surface area contributed by atoms with Gasteiger partial charge in [-0.2, -0.15) is 0 Å². The molecule has 1 atom stereocenters. The summed E-state index contributed by atoms with van der Waals surface area (Å²) in [4.78, 5) is 11.2. The van der Waals surface area contributed by atoms with Crippen molar-refractivity contribution in [2.45, 2.75) is 58.9 Å². The van der Waals surface area contributed by atoms with Crippen LogP contribution in [0.15, 0.2) is 12.2 Å². The van der Waals surface area contributed by atoms with Gasteiger partial charge in [-0.25, -0.2) is 4.79 Å². The smallest absolute Gasteiger partial charge is 0.330 e. The fourth-order valence-corrected chi connectivity index (χ4v) is 2.45. The maximum Gasteiger partial charge on any atom is 0.330 e. The van der Waals surface area contributed by atoms with Crippen molar-refractivity contribution in [3.63, 3.8) is 0 Å². The molecule has 0 aliphatic carbocycles. The highest BCUT2D eigenvalue weighted by Gasteiger charge is 2.37. The van der Waals surface area contributed by atoms with E-state index in [9.17, 15) is 4.79 Å². The highest BCUT2D eigenvalue weighted by Crippen LogP contribution is 2.37. The minimum atomic E-state index is -1.76. The van der Waals surface area contributed by atoms with Gasteiger partial charge in [0.25, 0.3) is 0 Å². The molecule has 0 radical (unpaired) electrons. The molecule has 0 aliphatic rings. The lowest BCUT2D eigenvalue weighted by atomic mass is 10.2. The van der Waals surface area contributed by atoms with Gasteiger partial charge in [0.05, 0.1) is 12.7 Å². The van der Waals surface area contributed by atoms with Gasteiger partial charge < -0.3 is 9.16 Å². The Morgan fingerprint density at radius 2 is 1.88 bits per heavy atom. The van der Waals surface area contributed by atoms with Gasteiger partial charge in [-0.3, -0.25) is 0 Å². The van der Waals surface area contributed by atoms with E-state index in [0.717, 1.165) is 0 Å². The van der Waals surface area contributed by atoms with E-state index in [-0.39, 0.29) is 17.1 Å². The molecule has 100 valence electrons. The zero-order chi connectivity index (χ0) is 13.7. The summed E-state index contributed by atoms with van der Waals surface area (Å²) in [6.07, 6.45) is 3.15. The van der Waals surface area contributed by atoms with E-state index in [1.807, 2.05) is 6.92 Å². The molecule has 17 heavy (non-hydrogen) atoms. The Bertz CT molecular complexity index is 277. The summed E-state index contributed by atoms with van der Waals surface area (Å²) in [5, 5.41) is 0.180. The van der Waals surface area contributed by atoms with Gasteiger partial charge >= 0.3 is 5.97 Å². The van der Waals surface area contributed by atoms with Crippen LogP contribution in [0.25, 0.3) is 0 Å². The van der Waals surface area contributed by atoms with Crippen LogP contribution in [-0.2, 0) is 14.0 Å². The van der Waals surface area contributed by atoms with Crippen LogP contribution in [0.5, 0.6) is 0 Å². The van der Waals surface area contributed by atoms with Gasteiger partial charge in [-0.15, -0.1) is 0 Å². The number of carbonyl (C=O) groups excluding carboxylic acids is 1. The SMILES string of the molecule is CCOC(=O)/C=C\C(C)O[Si](C)(C)C(C)(C)C. The van der Waals surface area contributed by atoms with Crippen LogP contribution in [0.2, 0.25) is 18.1 Å². The topological polar surface area (TPSA) is 35.5 Å². The molecule has 4 heteroatoms. The molecular weight excluding hydrogens is 232 g/mol. The van der Waals surface area contributed by atoms with E-state index in [4.69, 9.17) is 9.16 Å². The van der Waals surface area contributed by atoms with E-state index in [0.29, 0.717) is 6.61 Å². The standard InChI is InChI=1S/C13H26O3Si/c1-8-15-12(14)10-9-11(2)16-17(6,7)13(3,4)5/h9-11H,8H2,1-7H3/b10-9-. The predicted octanol–water partition coefficient (Wildman–Crippen LogP) is 3.52. The lowest BCUT2D eigenvalue weighted by molar-refractivity contribution is -0.137. The number of rotatable bonds is 5. The van der Waals surface area contributed by atoms with Crippen molar-refractivity contribution < 1.29 is 14.0 Å². The monoisotopic (exact) mass is 258 g/mol. The number of hydrogen-bond acceptors (Lipinski definition) is 3. The second kappa shape index (κ2) is 6.35. The third kappa shape index (κ3) is 6.03. The summed E-state index contributed by atoms with van der Waals surface area (Å²) in [6.45, 7) is 15.1. The van der Waals surface area contributed by atoms with Crippen LogP contribution in [-0.4, -0.2) is 27.0 Å². The van der Waals surface area contributed by atoms with Crippen molar-refractivity contribution in [3.8, 4) is 0 Å². The zero-order valence-corrected chi connectivity index (χ0v) is 13.2. The Labute approximate surface area is 106 Å². The normalized spacial score (nSPS) is 15.0. The van der Waals surface area contributed by atoms with Crippen LogP contribution < -0.4 is 0 Å². The molecule has 3 nitrogen and oxygen atoms in total. The molecule has 0 aromatic heterocycles. The number of carbonyl (C=O) groups is 1. The number of hydrogen-bond donors (Lipinski definition) is 0. The lowest BCUT2D eigenvalue weighted by Gasteiger charge is -2.37. The Morgan fingerprint density at radius 3 is 2.29 bits per heavy atom. The van der Waals surface area contributed by atoms with Crippen LogP contribution >= 0.6 is 0 Å². The summed E-state index contributed by atoms with van der Waals surface area (Å²) in [7, 11) is -1.76. The third-order valence-corrected chi connectivity index (χ3v) is 7.65. The molecule has 0 aromatic carbocycles. The van der Waals surface area contributed by atoms with E-state index >= 15 is 0 Å². The molecule has 0 bridgehead atoms. The predicted molar refractivity (Wildman–Crippen MR) is 73.5 cm³/mol. The molecule has 0 N–H and O–H groups in total. The quantitative estimate of drug-likeness (QED) is 0.430. The molecule has 0 saturated carbocycles. The third-order valence-electron chi connectivity index (χ3n) is 3.08. The van der Waals surface area contributed by atoms with Crippen LogP contribution in [0, 0.1) is 0 Å². The molecule has 0 saturated heterocycles. The average molecular weight is 258 g/mol. The van der Waals surface area contributed by atoms with Crippen LogP contribution in [0.1, 0.15) is 34.6 Å². The van der Waals surface area contributed by atoms with E-state index in [1.54, 1.807) is 13.0 Å². The fraction of sp³-hybridized carbons (Fsp3) is 0.769. The van der Waals surface area contributed by atoms with Crippen LogP contribution in [0.3, 0.4) is 0 Å². The maximum absolute atomic E-state index is 11.2. The highest BCUT2D eigenvalue weighted by atomic mass is 28.4. The van der Waals surface area contributed by atoms with Gasteiger partial charge in [-0.05, 0) is 32.0 Å².